The highest BCUT2D eigenvalue weighted by Gasteiger charge is 2.07. The molecule has 1 rings (SSSR count). The second kappa shape index (κ2) is 10.4. The monoisotopic (exact) mass is 309 g/mol. The van der Waals surface area contributed by atoms with Gasteiger partial charge < -0.3 is 15.2 Å². The molecule has 0 spiro atoms. The summed E-state index contributed by atoms with van der Waals surface area (Å²) in [5.74, 6) is 6.30. The van der Waals surface area contributed by atoms with Gasteiger partial charge in [-0.2, -0.15) is 0 Å². The van der Waals surface area contributed by atoms with Crippen LogP contribution in [0.25, 0.3) is 0 Å². The van der Waals surface area contributed by atoms with Crippen LogP contribution in [0, 0.1) is 17.8 Å². The molecule has 0 saturated heterocycles. The summed E-state index contributed by atoms with van der Waals surface area (Å²) in [6, 6.07) is 3.59. The Morgan fingerprint density at radius 2 is 2.24 bits per heavy atom. The van der Waals surface area contributed by atoms with Crippen molar-refractivity contribution in [1.29, 1.82) is 0 Å². The minimum atomic E-state index is -0.0948. The molecule has 2 N–H and O–H groups in total. The summed E-state index contributed by atoms with van der Waals surface area (Å²) in [6.45, 7) is 6.15. The number of amides is 1. The van der Waals surface area contributed by atoms with E-state index in [2.05, 4.69) is 31.0 Å². The molecule has 0 atom stereocenters. The van der Waals surface area contributed by atoms with Crippen molar-refractivity contribution >= 4 is 17.2 Å². The molecule has 1 amide bonds. The summed E-state index contributed by atoms with van der Waals surface area (Å²) in [5.41, 5.74) is 0. The zero-order valence-electron chi connectivity index (χ0n) is 12.6. The number of aliphatic hydroxyl groups is 1. The van der Waals surface area contributed by atoms with Crippen LogP contribution in [0.4, 0.5) is 0 Å². The van der Waals surface area contributed by atoms with Gasteiger partial charge in [0, 0.05) is 19.6 Å². The third kappa shape index (κ3) is 7.86. The Morgan fingerprint density at radius 1 is 1.43 bits per heavy atom. The van der Waals surface area contributed by atoms with Crippen molar-refractivity contribution in [2.24, 2.45) is 5.92 Å². The minimum Gasteiger partial charge on any atom is -0.395 e. The molecule has 1 heterocycles. The third-order valence-electron chi connectivity index (χ3n) is 2.65. The van der Waals surface area contributed by atoms with Crippen molar-refractivity contribution in [3.05, 3.63) is 21.9 Å². The van der Waals surface area contributed by atoms with Gasteiger partial charge in [-0.25, -0.2) is 0 Å². The molecular formula is C16H23NO3S. The molecule has 0 fully saturated rings. The fraction of sp³-hybridized carbons (Fsp3) is 0.562. The summed E-state index contributed by atoms with van der Waals surface area (Å²) >= 11 is 1.36. The van der Waals surface area contributed by atoms with Crippen molar-refractivity contribution in [1.82, 2.24) is 5.32 Å². The first-order chi connectivity index (χ1) is 10.1. The Hall–Kier alpha value is -1.35. The van der Waals surface area contributed by atoms with E-state index in [1.807, 2.05) is 6.07 Å². The van der Waals surface area contributed by atoms with Crippen molar-refractivity contribution in [2.45, 2.75) is 26.7 Å². The summed E-state index contributed by atoms with van der Waals surface area (Å²) in [5, 5.41) is 11.5. The highest BCUT2D eigenvalue weighted by molar-refractivity contribution is 7.14. The topological polar surface area (TPSA) is 58.6 Å². The number of nitrogens with one attached hydrogen (secondary N) is 1. The van der Waals surface area contributed by atoms with Crippen molar-refractivity contribution in [3.63, 3.8) is 0 Å². The van der Waals surface area contributed by atoms with E-state index in [1.165, 1.54) is 11.3 Å². The Morgan fingerprint density at radius 3 is 2.95 bits per heavy atom. The number of thiophene rings is 1. The van der Waals surface area contributed by atoms with E-state index in [4.69, 9.17) is 9.84 Å². The fourth-order valence-corrected chi connectivity index (χ4v) is 2.27. The molecule has 0 unspecified atom stereocenters. The number of rotatable bonds is 8. The lowest BCUT2D eigenvalue weighted by molar-refractivity contribution is 0.0909. The number of carbonyl (C=O) groups is 1. The fourth-order valence-electron chi connectivity index (χ4n) is 1.48. The zero-order chi connectivity index (χ0) is 15.5. The van der Waals surface area contributed by atoms with E-state index in [-0.39, 0.29) is 12.5 Å². The molecule has 1 aromatic rings. The van der Waals surface area contributed by atoms with Crippen LogP contribution in [-0.4, -0.2) is 37.4 Å². The van der Waals surface area contributed by atoms with E-state index in [1.54, 1.807) is 6.07 Å². The van der Waals surface area contributed by atoms with E-state index in [0.29, 0.717) is 30.4 Å². The van der Waals surface area contributed by atoms with Crippen LogP contribution in [0.1, 0.15) is 41.2 Å². The van der Waals surface area contributed by atoms with Crippen molar-refractivity contribution < 1.29 is 14.6 Å². The summed E-state index contributed by atoms with van der Waals surface area (Å²) in [6.07, 6.45) is 1.49. The summed E-state index contributed by atoms with van der Waals surface area (Å²) < 4.78 is 5.44. The molecule has 0 saturated carbocycles. The number of aliphatic hydroxyl groups excluding tert-OH is 1. The third-order valence-corrected chi connectivity index (χ3v) is 3.65. The van der Waals surface area contributed by atoms with Crippen LogP contribution in [0.2, 0.25) is 0 Å². The maximum Gasteiger partial charge on any atom is 0.261 e. The Balaban J connectivity index is 2.25. The average molecular weight is 309 g/mol. The lowest BCUT2D eigenvalue weighted by Crippen LogP contribution is -2.26. The molecule has 21 heavy (non-hydrogen) atoms. The largest absolute Gasteiger partial charge is 0.395 e. The molecule has 0 aliphatic heterocycles. The molecular weight excluding hydrogens is 286 g/mol. The van der Waals surface area contributed by atoms with Crippen LogP contribution < -0.4 is 5.32 Å². The zero-order valence-corrected chi connectivity index (χ0v) is 13.5. The molecule has 0 aliphatic rings. The van der Waals surface area contributed by atoms with E-state index in [0.717, 1.165) is 17.9 Å². The van der Waals surface area contributed by atoms with E-state index < -0.39 is 0 Å². The second-order valence-electron chi connectivity index (χ2n) is 4.99. The van der Waals surface area contributed by atoms with Gasteiger partial charge in [0.05, 0.1) is 23.0 Å². The van der Waals surface area contributed by atoms with Crippen molar-refractivity contribution in [3.8, 4) is 11.8 Å². The first-order valence-corrected chi connectivity index (χ1v) is 8.00. The van der Waals surface area contributed by atoms with Gasteiger partial charge in [0.1, 0.15) is 0 Å². The molecule has 1 aromatic heterocycles. The van der Waals surface area contributed by atoms with Crippen LogP contribution in [0.3, 0.4) is 0 Å². The molecule has 0 aromatic carbocycles. The molecule has 5 heteroatoms. The predicted molar refractivity (Wildman–Crippen MR) is 85.5 cm³/mol. The van der Waals surface area contributed by atoms with Gasteiger partial charge in [-0.15, -0.1) is 11.3 Å². The number of hydrogen-bond acceptors (Lipinski definition) is 4. The van der Waals surface area contributed by atoms with Crippen LogP contribution in [0.5, 0.6) is 0 Å². The standard InChI is InChI=1S/C16H23NO3S/c1-13(2)8-11-20-12-9-17-16(19)15-7-6-14(21-15)5-3-4-10-18/h6-7,13,18H,4,8-12H2,1-2H3,(H,17,19). The number of ether oxygens (including phenoxy) is 1. The Kier molecular flexibility index (Phi) is 8.76. The number of hydrogen-bond donors (Lipinski definition) is 2. The first-order valence-electron chi connectivity index (χ1n) is 7.19. The van der Waals surface area contributed by atoms with Crippen LogP contribution in [0.15, 0.2) is 12.1 Å². The highest BCUT2D eigenvalue weighted by Crippen LogP contribution is 2.15. The second-order valence-corrected chi connectivity index (χ2v) is 6.07. The van der Waals surface area contributed by atoms with Gasteiger partial charge >= 0.3 is 0 Å². The molecule has 0 aliphatic carbocycles. The van der Waals surface area contributed by atoms with Crippen molar-refractivity contribution in [2.75, 3.05) is 26.4 Å². The van der Waals surface area contributed by atoms with Gasteiger partial charge in [-0.1, -0.05) is 25.7 Å². The highest BCUT2D eigenvalue weighted by atomic mass is 32.1. The van der Waals surface area contributed by atoms with Gasteiger partial charge in [0.25, 0.3) is 5.91 Å². The Bertz CT molecular complexity index is 485. The molecule has 4 nitrogen and oxygen atoms in total. The van der Waals surface area contributed by atoms with Gasteiger partial charge in [0.15, 0.2) is 0 Å². The number of carbonyl (C=O) groups excluding carboxylic acids is 1. The summed E-state index contributed by atoms with van der Waals surface area (Å²) in [7, 11) is 0. The van der Waals surface area contributed by atoms with Gasteiger partial charge in [-0.05, 0) is 24.5 Å². The lowest BCUT2D eigenvalue weighted by atomic mass is 10.1. The van der Waals surface area contributed by atoms with E-state index >= 15 is 0 Å². The molecule has 116 valence electrons. The molecule has 0 bridgehead atoms. The minimum absolute atomic E-state index is 0.0581. The Labute approximate surface area is 130 Å². The average Bonchev–Trinajstić information content (AvgIpc) is 2.91. The SMILES string of the molecule is CC(C)CCOCCNC(=O)c1ccc(C#CCCO)s1. The van der Waals surface area contributed by atoms with Crippen LogP contribution in [-0.2, 0) is 4.74 Å². The first kappa shape index (κ1) is 17.7. The lowest BCUT2D eigenvalue weighted by Gasteiger charge is -2.07. The van der Waals surface area contributed by atoms with Crippen LogP contribution >= 0.6 is 11.3 Å². The normalized spacial score (nSPS) is 10.3. The predicted octanol–water partition coefficient (Wildman–Crippen LogP) is 2.27. The smallest absolute Gasteiger partial charge is 0.261 e. The quantitative estimate of drug-likeness (QED) is 0.572. The van der Waals surface area contributed by atoms with E-state index in [9.17, 15) is 4.79 Å². The molecule has 0 radical (unpaired) electrons. The maximum absolute atomic E-state index is 11.9. The maximum atomic E-state index is 11.9. The summed E-state index contributed by atoms with van der Waals surface area (Å²) in [4.78, 5) is 13.4. The van der Waals surface area contributed by atoms with Gasteiger partial charge in [0.2, 0.25) is 0 Å². The van der Waals surface area contributed by atoms with Gasteiger partial charge in [-0.3, -0.25) is 4.79 Å².